The van der Waals surface area contributed by atoms with Crippen molar-refractivity contribution in [2.45, 2.75) is 6.18 Å². The van der Waals surface area contributed by atoms with Crippen LogP contribution in [0.25, 0.3) is 10.2 Å². The average molecular weight is 505 g/mol. The zero-order valence-corrected chi connectivity index (χ0v) is 16.0. The summed E-state index contributed by atoms with van der Waals surface area (Å²) < 4.78 is 39.9. The Balaban J connectivity index is 2.75. The van der Waals surface area contributed by atoms with Gasteiger partial charge in [-0.3, -0.25) is 0 Å². The number of alkyl halides is 3. The first-order valence-corrected chi connectivity index (χ1v) is 8.39. The molecule has 1 aromatic carbocycles. The molecule has 0 atom stereocenters. The second-order valence-electron chi connectivity index (χ2n) is 4.38. The van der Waals surface area contributed by atoms with Crippen molar-refractivity contribution in [1.82, 2.24) is 9.78 Å². The first-order valence-electron chi connectivity index (χ1n) is 5.93. The van der Waals surface area contributed by atoms with Gasteiger partial charge in [-0.05, 0) is 33.0 Å². The smallest absolute Gasteiger partial charge is 0.383 e. The molecule has 24 heavy (non-hydrogen) atoms. The summed E-state index contributed by atoms with van der Waals surface area (Å²) in [6, 6.07) is 3.27. The van der Waals surface area contributed by atoms with E-state index in [0.717, 1.165) is 4.68 Å². The fourth-order valence-corrected chi connectivity index (χ4v) is 3.17. The number of hydrogen-bond acceptors (Lipinski definition) is 3. The minimum absolute atomic E-state index is 0.0160. The molecule has 0 saturated carbocycles. The van der Waals surface area contributed by atoms with Gasteiger partial charge in [0.15, 0.2) is 5.69 Å². The maximum Gasteiger partial charge on any atom is 0.416 e. The molecule has 2 aromatic rings. The maximum absolute atomic E-state index is 12.8. The Hall–Kier alpha value is -1.21. The van der Waals surface area contributed by atoms with E-state index < -0.39 is 11.7 Å². The highest BCUT2D eigenvalue weighted by atomic mass is 79.9. The molecule has 1 aromatic heterocycles. The van der Waals surface area contributed by atoms with E-state index in [1.807, 2.05) is 6.07 Å². The Morgan fingerprint density at radius 3 is 2.29 bits per heavy atom. The van der Waals surface area contributed by atoms with E-state index in [-0.39, 0.29) is 32.8 Å². The number of aromatic nitrogens is 2. The second kappa shape index (κ2) is 6.96. The monoisotopic (exact) mass is 502 g/mol. The number of nitrogen functional groups attached to an aromatic ring is 1. The summed E-state index contributed by atoms with van der Waals surface area (Å²) in [6.45, 7) is 0. The first-order chi connectivity index (χ1) is 11.1. The van der Waals surface area contributed by atoms with Gasteiger partial charge in [-0.15, -0.1) is 0 Å². The molecule has 0 aliphatic carbocycles. The van der Waals surface area contributed by atoms with Gasteiger partial charge in [0.1, 0.15) is 17.6 Å². The number of nitrogens with two attached hydrogens (primary N) is 1. The second-order valence-corrected chi connectivity index (χ2v) is 6.50. The van der Waals surface area contributed by atoms with E-state index in [1.54, 1.807) is 0 Å². The predicted octanol–water partition coefficient (Wildman–Crippen LogP) is 5.74. The largest absolute Gasteiger partial charge is 0.416 e. The van der Waals surface area contributed by atoms with Crippen LogP contribution in [0.2, 0.25) is 10.0 Å². The van der Waals surface area contributed by atoms with Crippen LogP contribution in [0.3, 0.4) is 0 Å². The van der Waals surface area contributed by atoms with Crippen LogP contribution < -0.4 is 5.73 Å². The van der Waals surface area contributed by atoms with Crippen LogP contribution >= 0.6 is 55.1 Å². The van der Waals surface area contributed by atoms with Crippen molar-refractivity contribution < 1.29 is 13.2 Å². The zero-order chi connectivity index (χ0) is 18.2. The van der Waals surface area contributed by atoms with Crippen LogP contribution in [0.5, 0.6) is 0 Å². The fourth-order valence-electron chi connectivity index (χ4n) is 1.90. The van der Waals surface area contributed by atoms with Gasteiger partial charge in [0.2, 0.25) is 0 Å². The number of hydrogen-bond donors (Lipinski definition) is 1. The number of benzene rings is 1. The van der Waals surface area contributed by atoms with Crippen molar-refractivity contribution in [2.75, 3.05) is 5.73 Å². The van der Waals surface area contributed by atoms with E-state index in [0.29, 0.717) is 16.6 Å². The van der Waals surface area contributed by atoms with Crippen LogP contribution in [0.15, 0.2) is 17.1 Å². The van der Waals surface area contributed by atoms with Crippen molar-refractivity contribution in [3.8, 4) is 11.8 Å². The minimum Gasteiger partial charge on any atom is -0.383 e. The molecule has 0 spiro atoms. The van der Waals surface area contributed by atoms with Crippen LogP contribution in [0.4, 0.5) is 19.0 Å². The van der Waals surface area contributed by atoms with Crippen molar-refractivity contribution in [2.24, 2.45) is 0 Å². The summed E-state index contributed by atoms with van der Waals surface area (Å²) in [4.78, 5) is 1.46. The molecule has 0 amide bonds. The van der Waals surface area contributed by atoms with Gasteiger partial charge in [-0.1, -0.05) is 39.1 Å². The van der Waals surface area contributed by atoms with Gasteiger partial charge in [-0.25, -0.2) is 4.68 Å². The van der Waals surface area contributed by atoms with Gasteiger partial charge in [0, 0.05) is 4.48 Å². The third-order valence-electron chi connectivity index (χ3n) is 2.92. The molecule has 4 nitrogen and oxygen atoms in total. The van der Waals surface area contributed by atoms with Gasteiger partial charge >= 0.3 is 6.18 Å². The predicted molar refractivity (Wildman–Crippen MR) is 93.5 cm³/mol. The van der Waals surface area contributed by atoms with Crippen LogP contribution in [0, 0.1) is 11.3 Å². The van der Waals surface area contributed by atoms with E-state index in [4.69, 9.17) is 28.9 Å². The highest BCUT2D eigenvalue weighted by Crippen LogP contribution is 2.40. The normalized spacial score (nSPS) is 12.3. The minimum atomic E-state index is -4.60. The third-order valence-corrected chi connectivity index (χ3v) is 5.19. The van der Waals surface area contributed by atoms with Gasteiger partial charge in [-0.2, -0.15) is 23.5 Å². The molecule has 0 bridgehead atoms. The summed E-state index contributed by atoms with van der Waals surface area (Å²) in [6.07, 6.45) is -4.60. The molecule has 2 N–H and O–H groups in total. The summed E-state index contributed by atoms with van der Waals surface area (Å²) in [5.74, 6) is -0.0160. The molecule has 0 radical (unpaired) electrons. The molecule has 126 valence electrons. The fraction of sp³-hybridized carbons (Fsp3) is 0.0769. The van der Waals surface area contributed by atoms with Crippen molar-refractivity contribution in [3.63, 3.8) is 0 Å². The van der Waals surface area contributed by atoms with E-state index in [9.17, 15) is 18.4 Å². The molecule has 0 aliphatic heterocycles. The number of rotatable bonds is 2. The van der Waals surface area contributed by atoms with E-state index in [1.165, 1.54) is 4.99 Å². The highest BCUT2D eigenvalue weighted by molar-refractivity contribution is 9.16. The summed E-state index contributed by atoms with van der Waals surface area (Å²) in [7, 11) is 0. The standard InChI is InChI=1S/C13H5Br2Cl2F3N4/c14-3-6(15)10-9(4-21)23-24(12(10)22)11-7(16)1-5(2-8(11)17)13(18,19)20/h1-3H,22H2. The van der Waals surface area contributed by atoms with E-state index >= 15 is 0 Å². The number of anilines is 1. The summed E-state index contributed by atoms with van der Waals surface area (Å²) >= 11 is 18.2. The molecule has 0 saturated heterocycles. The lowest BCUT2D eigenvalue weighted by atomic mass is 10.2. The Labute approximate surface area is 160 Å². The first kappa shape index (κ1) is 19.1. The summed E-state index contributed by atoms with van der Waals surface area (Å²) in [5, 5.41) is 12.5. The van der Waals surface area contributed by atoms with E-state index in [2.05, 4.69) is 37.0 Å². The van der Waals surface area contributed by atoms with Crippen molar-refractivity contribution >= 4 is 65.4 Å². The summed E-state index contributed by atoms with van der Waals surface area (Å²) in [5.41, 5.74) is 5.11. The molecule has 0 fully saturated rings. The Kier molecular flexibility index (Phi) is 5.54. The van der Waals surface area contributed by atoms with Gasteiger partial charge < -0.3 is 5.73 Å². The molecular weight excluding hydrogens is 500 g/mol. The van der Waals surface area contributed by atoms with Crippen molar-refractivity contribution in [1.29, 1.82) is 5.26 Å². The molecule has 1 heterocycles. The SMILES string of the molecule is N#Cc1nn(-c2c(Cl)cc(C(F)(F)F)cc2Cl)c(N)c1C(Br)=CBr. The maximum atomic E-state index is 12.8. The Morgan fingerprint density at radius 1 is 1.33 bits per heavy atom. The average Bonchev–Trinajstić information content (AvgIpc) is 2.81. The van der Waals surface area contributed by atoms with Gasteiger partial charge in [0.05, 0.1) is 21.2 Å². The van der Waals surface area contributed by atoms with Crippen LogP contribution in [0.1, 0.15) is 16.8 Å². The third kappa shape index (κ3) is 3.42. The topological polar surface area (TPSA) is 67.6 Å². The zero-order valence-electron chi connectivity index (χ0n) is 11.3. The Bertz CT molecular complexity index is 862. The van der Waals surface area contributed by atoms with Crippen LogP contribution in [-0.2, 0) is 6.18 Å². The molecule has 11 heteroatoms. The number of halogens is 7. The molecule has 0 aliphatic rings. The van der Waals surface area contributed by atoms with Gasteiger partial charge in [0.25, 0.3) is 0 Å². The number of nitriles is 1. The number of nitrogens with zero attached hydrogens (tertiary/aromatic N) is 3. The lowest BCUT2D eigenvalue weighted by Crippen LogP contribution is -2.08. The molecular formula is C13H5Br2Cl2F3N4. The lowest BCUT2D eigenvalue weighted by molar-refractivity contribution is -0.137. The quantitative estimate of drug-likeness (QED) is 0.567. The van der Waals surface area contributed by atoms with Crippen molar-refractivity contribution in [3.05, 3.63) is 44.0 Å². The highest BCUT2D eigenvalue weighted by Gasteiger charge is 2.33. The molecule has 0 unspecified atom stereocenters. The molecule has 2 rings (SSSR count). The lowest BCUT2D eigenvalue weighted by Gasteiger charge is -2.13. The van der Waals surface area contributed by atoms with Crippen LogP contribution in [-0.4, -0.2) is 9.78 Å². The Morgan fingerprint density at radius 2 is 1.88 bits per heavy atom.